The summed E-state index contributed by atoms with van der Waals surface area (Å²) in [5.74, 6) is 0.0644. The Labute approximate surface area is 217 Å². The average Bonchev–Trinajstić information content (AvgIpc) is 2.93. The van der Waals surface area contributed by atoms with E-state index in [1.54, 1.807) is 12.1 Å². The molecule has 3 aromatic carbocycles. The fraction of sp³-hybridized carbons (Fsp3) is 0.258. The highest BCUT2D eigenvalue weighted by atomic mass is 17.2. The Hall–Kier alpha value is -4.19. The molecule has 0 aliphatic heterocycles. The van der Waals surface area contributed by atoms with Gasteiger partial charge in [-0.2, -0.15) is 5.10 Å². The molecule has 0 atom stereocenters. The molecule has 6 nitrogen and oxygen atoms in total. The van der Waals surface area contributed by atoms with Gasteiger partial charge in [0.15, 0.2) is 5.75 Å². The minimum absolute atomic E-state index is 0.0708. The van der Waals surface area contributed by atoms with Gasteiger partial charge in [0.05, 0.1) is 11.6 Å². The predicted molar refractivity (Wildman–Crippen MR) is 143 cm³/mol. The summed E-state index contributed by atoms with van der Waals surface area (Å²) in [6.07, 6.45) is 4.44. The lowest BCUT2D eigenvalue weighted by Crippen LogP contribution is -2.17. The second-order valence-corrected chi connectivity index (χ2v) is 9.04. The minimum atomic E-state index is -0.375. The van der Waals surface area contributed by atoms with Crippen molar-refractivity contribution in [2.45, 2.75) is 51.4 Å². The maximum atomic E-state index is 12.2. The van der Waals surface area contributed by atoms with Crippen molar-refractivity contribution in [3.63, 3.8) is 0 Å². The molecule has 1 N–H and O–H groups in total. The highest BCUT2D eigenvalue weighted by Gasteiger charge is 2.21. The van der Waals surface area contributed by atoms with Gasteiger partial charge < -0.3 is 0 Å². The molecule has 0 saturated carbocycles. The zero-order valence-electron chi connectivity index (χ0n) is 21.1. The molecule has 0 radical (unpaired) electrons. The van der Waals surface area contributed by atoms with Crippen molar-refractivity contribution in [2.75, 3.05) is 0 Å². The maximum Gasteiger partial charge on any atom is 0.355 e. The highest BCUT2D eigenvalue weighted by molar-refractivity contribution is 5.68. The first kappa shape index (κ1) is 25.9. The lowest BCUT2D eigenvalue weighted by Gasteiger charge is -2.20. The number of aromatic amines is 1. The normalized spacial score (nSPS) is 10.9. The molecule has 0 aliphatic rings. The largest absolute Gasteiger partial charge is 0.355 e. The van der Waals surface area contributed by atoms with E-state index in [0.717, 1.165) is 53.6 Å². The number of rotatable bonds is 12. The molecule has 0 amide bonds. The minimum Gasteiger partial charge on any atom is -0.287 e. The topological polar surface area (TPSA) is 81.3 Å². The van der Waals surface area contributed by atoms with Crippen LogP contribution in [0.4, 0.5) is 0 Å². The molecule has 4 aromatic rings. The summed E-state index contributed by atoms with van der Waals surface area (Å²) < 4.78 is 0. The number of nitrogens with one attached hydrogen (secondary N) is 1. The van der Waals surface area contributed by atoms with Crippen LogP contribution in [0.3, 0.4) is 0 Å². The quantitative estimate of drug-likeness (QED) is 0.144. The Bertz CT molecular complexity index is 1300. The number of unbranched alkanes of at least 4 members (excludes halogenated alkanes) is 1. The fourth-order valence-corrected chi connectivity index (χ4v) is 4.44. The summed E-state index contributed by atoms with van der Waals surface area (Å²) in [5, 5.41) is 7.19. The Balaban J connectivity index is 1.45. The van der Waals surface area contributed by atoms with Crippen LogP contribution >= 0.6 is 0 Å². The SMILES string of the molecule is CCCC(=O)OOc1cccc(CCCCc2cc(=O)[nH]nc2C(c2ccccc2)c2ccccc2)c1. The molecule has 6 heteroatoms. The number of carbonyl (C=O) groups is 1. The summed E-state index contributed by atoms with van der Waals surface area (Å²) in [4.78, 5) is 33.8. The molecule has 0 aliphatic carbocycles. The Kier molecular flexibility index (Phi) is 9.24. The van der Waals surface area contributed by atoms with Gasteiger partial charge in [0.25, 0.3) is 5.56 Å². The van der Waals surface area contributed by atoms with Gasteiger partial charge in [0, 0.05) is 12.5 Å². The van der Waals surface area contributed by atoms with E-state index in [1.807, 2.05) is 61.5 Å². The Morgan fingerprint density at radius 3 is 2.22 bits per heavy atom. The monoisotopic (exact) mass is 496 g/mol. The van der Waals surface area contributed by atoms with E-state index in [9.17, 15) is 9.59 Å². The third-order valence-electron chi connectivity index (χ3n) is 6.21. The first-order valence-corrected chi connectivity index (χ1v) is 12.8. The molecule has 0 saturated heterocycles. The summed E-state index contributed by atoms with van der Waals surface area (Å²) in [7, 11) is 0. The summed E-state index contributed by atoms with van der Waals surface area (Å²) >= 11 is 0. The van der Waals surface area contributed by atoms with Gasteiger partial charge in [-0.3, -0.25) is 14.6 Å². The zero-order chi connectivity index (χ0) is 25.9. The second-order valence-electron chi connectivity index (χ2n) is 9.04. The van der Waals surface area contributed by atoms with Gasteiger partial charge in [-0.1, -0.05) is 79.7 Å². The third-order valence-corrected chi connectivity index (χ3v) is 6.21. The summed E-state index contributed by atoms with van der Waals surface area (Å²) in [6.45, 7) is 1.91. The lowest BCUT2D eigenvalue weighted by molar-refractivity contribution is -0.213. The van der Waals surface area contributed by atoms with Crippen molar-refractivity contribution in [1.82, 2.24) is 10.2 Å². The molecule has 1 heterocycles. The Morgan fingerprint density at radius 2 is 1.54 bits per heavy atom. The van der Waals surface area contributed by atoms with Crippen molar-refractivity contribution >= 4 is 5.97 Å². The smallest absolute Gasteiger partial charge is 0.287 e. The van der Waals surface area contributed by atoms with Crippen LogP contribution < -0.4 is 10.4 Å². The van der Waals surface area contributed by atoms with Crippen LogP contribution in [0, 0.1) is 0 Å². The van der Waals surface area contributed by atoms with Gasteiger partial charge in [-0.05, 0) is 66.5 Å². The molecule has 1 aromatic heterocycles. The van der Waals surface area contributed by atoms with Crippen LogP contribution in [-0.2, 0) is 22.5 Å². The predicted octanol–water partition coefficient (Wildman–Crippen LogP) is 6.15. The highest BCUT2D eigenvalue weighted by Crippen LogP contribution is 2.32. The molecule has 0 unspecified atom stereocenters. The van der Waals surface area contributed by atoms with E-state index in [1.165, 1.54) is 0 Å². The van der Waals surface area contributed by atoms with Gasteiger partial charge in [-0.15, -0.1) is 0 Å². The third kappa shape index (κ3) is 7.40. The van der Waals surface area contributed by atoms with E-state index >= 15 is 0 Å². The summed E-state index contributed by atoms with van der Waals surface area (Å²) in [5.41, 5.74) is 5.00. The van der Waals surface area contributed by atoms with Crippen LogP contribution in [0.25, 0.3) is 0 Å². The van der Waals surface area contributed by atoms with E-state index < -0.39 is 0 Å². The van der Waals surface area contributed by atoms with Crippen molar-refractivity contribution in [3.8, 4) is 5.75 Å². The average molecular weight is 497 g/mol. The van der Waals surface area contributed by atoms with Crippen LogP contribution in [0.15, 0.2) is 95.8 Å². The number of H-pyrrole nitrogens is 1. The molecule has 37 heavy (non-hydrogen) atoms. The second kappa shape index (κ2) is 13.2. The van der Waals surface area contributed by atoms with Crippen molar-refractivity contribution in [2.24, 2.45) is 0 Å². The molecule has 4 rings (SSSR count). The lowest BCUT2D eigenvalue weighted by atomic mass is 9.85. The van der Waals surface area contributed by atoms with Gasteiger partial charge in [0.2, 0.25) is 0 Å². The van der Waals surface area contributed by atoms with E-state index in [-0.39, 0.29) is 17.4 Å². The molecule has 0 spiro atoms. The summed E-state index contributed by atoms with van der Waals surface area (Å²) in [6, 6.07) is 29.8. The van der Waals surface area contributed by atoms with E-state index in [4.69, 9.17) is 9.78 Å². The van der Waals surface area contributed by atoms with Crippen LogP contribution in [0.5, 0.6) is 5.75 Å². The molecular weight excluding hydrogens is 464 g/mol. The first-order valence-electron chi connectivity index (χ1n) is 12.8. The molecule has 0 bridgehead atoms. The number of aromatic nitrogens is 2. The van der Waals surface area contributed by atoms with Crippen molar-refractivity contribution < 1.29 is 14.6 Å². The van der Waals surface area contributed by atoms with Gasteiger partial charge in [0.1, 0.15) is 0 Å². The molecule has 0 fully saturated rings. The number of aryl methyl sites for hydroxylation is 2. The number of hydrogen-bond donors (Lipinski definition) is 1. The van der Waals surface area contributed by atoms with Gasteiger partial charge >= 0.3 is 5.97 Å². The van der Waals surface area contributed by atoms with Crippen molar-refractivity contribution in [3.05, 3.63) is 129 Å². The maximum absolute atomic E-state index is 12.2. The fourth-order valence-electron chi connectivity index (χ4n) is 4.44. The van der Waals surface area contributed by atoms with E-state index in [0.29, 0.717) is 18.6 Å². The standard InChI is InChI=1S/C31H32N2O4/c1-2-12-29(35)37-36-27-20-11-14-23(21-27)13-9-10-19-26-22-28(34)32-33-31(26)30(24-15-5-3-6-16-24)25-17-7-4-8-18-25/h3-8,11,14-18,20-22,30H,2,9-10,12-13,19H2,1H3,(H,32,34). The van der Waals surface area contributed by atoms with Crippen molar-refractivity contribution in [1.29, 1.82) is 0 Å². The van der Waals surface area contributed by atoms with Crippen LogP contribution in [-0.4, -0.2) is 16.2 Å². The zero-order valence-corrected chi connectivity index (χ0v) is 21.1. The Morgan fingerprint density at radius 1 is 0.865 bits per heavy atom. The number of nitrogens with zero attached hydrogens (tertiary/aromatic N) is 1. The number of carbonyl (C=O) groups excluding carboxylic acids is 1. The van der Waals surface area contributed by atoms with Gasteiger partial charge in [-0.25, -0.2) is 9.89 Å². The van der Waals surface area contributed by atoms with Crippen LogP contribution in [0.2, 0.25) is 0 Å². The first-order chi connectivity index (χ1) is 18.1. The molecule has 190 valence electrons. The number of hydrogen-bond acceptors (Lipinski definition) is 5. The van der Waals surface area contributed by atoms with Crippen LogP contribution in [0.1, 0.15) is 66.5 Å². The molecular formula is C31H32N2O4. The number of benzene rings is 3. The van der Waals surface area contributed by atoms with E-state index in [2.05, 4.69) is 34.5 Å².